The summed E-state index contributed by atoms with van der Waals surface area (Å²) < 4.78 is 6.33. The molecule has 0 fully saturated rings. The zero-order chi connectivity index (χ0) is 13.1. The number of ether oxygens (including phenoxy) is 1. The molecule has 0 bridgehead atoms. The lowest BCUT2D eigenvalue weighted by Crippen LogP contribution is -2.28. The number of rotatable bonds is 4. The SMILES string of the molecule is COc1ccc(Br)c(CC(N)CC(C)(C)C)c1. The Balaban J connectivity index is 2.73. The van der Waals surface area contributed by atoms with E-state index in [-0.39, 0.29) is 11.5 Å². The smallest absolute Gasteiger partial charge is 0.119 e. The molecule has 3 heteroatoms. The van der Waals surface area contributed by atoms with Crippen LogP contribution in [0, 0.1) is 5.41 Å². The van der Waals surface area contributed by atoms with Crippen LogP contribution in [-0.4, -0.2) is 13.2 Å². The van der Waals surface area contributed by atoms with Gasteiger partial charge >= 0.3 is 0 Å². The van der Waals surface area contributed by atoms with E-state index in [9.17, 15) is 0 Å². The summed E-state index contributed by atoms with van der Waals surface area (Å²) >= 11 is 3.56. The van der Waals surface area contributed by atoms with Crippen LogP contribution >= 0.6 is 15.9 Å². The first-order chi connectivity index (χ1) is 7.81. The molecule has 0 saturated heterocycles. The molecule has 1 atom stereocenters. The van der Waals surface area contributed by atoms with Crippen molar-refractivity contribution in [1.82, 2.24) is 0 Å². The van der Waals surface area contributed by atoms with Crippen LogP contribution in [0.5, 0.6) is 5.75 Å². The summed E-state index contributed by atoms with van der Waals surface area (Å²) in [7, 11) is 1.68. The third kappa shape index (κ3) is 5.09. The predicted molar refractivity (Wildman–Crippen MR) is 76.4 cm³/mol. The molecule has 0 aliphatic carbocycles. The monoisotopic (exact) mass is 299 g/mol. The first-order valence-corrected chi connectivity index (χ1v) is 6.69. The van der Waals surface area contributed by atoms with Crippen LogP contribution in [0.15, 0.2) is 22.7 Å². The van der Waals surface area contributed by atoms with Gasteiger partial charge in [0.05, 0.1) is 7.11 Å². The summed E-state index contributed by atoms with van der Waals surface area (Å²) in [4.78, 5) is 0. The van der Waals surface area contributed by atoms with Gasteiger partial charge in [0.25, 0.3) is 0 Å². The highest BCUT2D eigenvalue weighted by Crippen LogP contribution is 2.26. The standard InChI is InChI=1S/C14H22BrNO/c1-14(2,3)9-11(16)7-10-8-12(17-4)5-6-13(10)15/h5-6,8,11H,7,9,16H2,1-4H3. The maximum Gasteiger partial charge on any atom is 0.119 e. The molecule has 0 aliphatic rings. The summed E-state index contributed by atoms with van der Waals surface area (Å²) in [6.45, 7) is 6.65. The number of nitrogens with two attached hydrogens (primary N) is 1. The van der Waals surface area contributed by atoms with Crippen molar-refractivity contribution in [2.45, 2.75) is 39.7 Å². The van der Waals surface area contributed by atoms with Crippen molar-refractivity contribution in [2.24, 2.45) is 11.1 Å². The summed E-state index contributed by atoms with van der Waals surface area (Å²) in [6, 6.07) is 6.19. The molecule has 0 heterocycles. The van der Waals surface area contributed by atoms with E-state index in [1.54, 1.807) is 7.11 Å². The Morgan fingerprint density at radius 2 is 2.00 bits per heavy atom. The summed E-state index contributed by atoms with van der Waals surface area (Å²) in [5.41, 5.74) is 7.67. The van der Waals surface area contributed by atoms with Crippen LogP contribution in [0.4, 0.5) is 0 Å². The largest absolute Gasteiger partial charge is 0.497 e. The van der Waals surface area contributed by atoms with Gasteiger partial charge in [0.2, 0.25) is 0 Å². The molecule has 0 aromatic heterocycles. The Hall–Kier alpha value is -0.540. The van der Waals surface area contributed by atoms with Crippen LogP contribution in [0.25, 0.3) is 0 Å². The second kappa shape index (κ2) is 5.87. The number of hydrogen-bond donors (Lipinski definition) is 1. The van der Waals surface area contributed by atoms with E-state index in [4.69, 9.17) is 10.5 Å². The normalized spacial score (nSPS) is 13.5. The van der Waals surface area contributed by atoms with Crippen molar-refractivity contribution in [1.29, 1.82) is 0 Å². The molecule has 2 nitrogen and oxygen atoms in total. The van der Waals surface area contributed by atoms with E-state index in [0.29, 0.717) is 0 Å². The molecule has 17 heavy (non-hydrogen) atoms. The van der Waals surface area contributed by atoms with Gasteiger partial charge in [-0.25, -0.2) is 0 Å². The fourth-order valence-corrected chi connectivity index (χ4v) is 2.38. The van der Waals surface area contributed by atoms with Gasteiger partial charge in [-0.05, 0) is 42.0 Å². The number of hydrogen-bond acceptors (Lipinski definition) is 2. The lowest BCUT2D eigenvalue weighted by molar-refractivity contribution is 0.338. The zero-order valence-electron chi connectivity index (χ0n) is 11.1. The Bertz CT molecular complexity index is 371. The van der Waals surface area contributed by atoms with E-state index in [1.807, 2.05) is 18.2 Å². The molecule has 96 valence electrons. The maximum absolute atomic E-state index is 6.19. The van der Waals surface area contributed by atoms with Crippen LogP contribution in [0.1, 0.15) is 32.8 Å². The van der Waals surface area contributed by atoms with Crippen molar-refractivity contribution in [3.05, 3.63) is 28.2 Å². The maximum atomic E-state index is 6.19. The van der Waals surface area contributed by atoms with Gasteiger partial charge in [0, 0.05) is 10.5 Å². The third-order valence-corrected chi connectivity index (χ3v) is 3.38. The molecular formula is C14H22BrNO. The highest BCUT2D eigenvalue weighted by molar-refractivity contribution is 9.10. The minimum absolute atomic E-state index is 0.179. The number of benzene rings is 1. The predicted octanol–water partition coefficient (Wildman–Crippen LogP) is 3.76. The summed E-state index contributed by atoms with van der Waals surface area (Å²) in [5.74, 6) is 0.881. The van der Waals surface area contributed by atoms with Crippen molar-refractivity contribution < 1.29 is 4.74 Å². The minimum atomic E-state index is 0.179. The van der Waals surface area contributed by atoms with Crippen LogP contribution in [0.3, 0.4) is 0 Å². The molecule has 2 N–H and O–H groups in total. The minimum Gasteiger partial charge on any atom is -0.497 e. The van der Waals surface area contributed by atoms with Gasteiger partial charge < -0.3 is 10.5 Å². The highest BCUT2D eigenvalue weighted by atomic mass is 79.9. The second-order valence-electron chi connectivity index (χ2n) is 5.69. The average molecular weight is 300 g/mol. The Kier molecular flexibility index (Phi) is 5.02. The summed E-state index contributed by atoms with van der Waals surface area (Å²) in [5, 5.41) is 0. The number of halogens is 1. The van der Waals surface area contributed by atoms with Gasteiger partial charge in [0.15, 0.2) is 0 Å². The van der Waals surface area contributed by atoms with E-state index in [1.165, 1.54) is 5.56 Å². The average Bonchev–Trinajstić information content (AvgIpc) is 2.18. The Labute approximate surface area is 113 Å². The lowest BCUT2D eigenvalue weighted by atomic mass is 9.86. The van der Waals surface area contributed by atoms with Crippen molar-refractivity contribution in [3.63, 3.8) is 0 Å². The molecule has 0 aliphatic heterocycles. The second-order valence-corrected chi connectivity index (χ2v) is 6.54. The van der Waals surface area contributed by atoms with Gasteiger partial charge in [0.1, 0.15) is 5.75 Å². The first-order valence-electron chi connectivity index (χ1n) is 5.90. The van der Waals surface area contributed by atoms with Crippen molar-refractivity contribution in [2.75, 3.05) is 7.11 Å². The van der Waals surface area contributed by atoms with E-state index in [2.05, 4.69) is 36.7 Å². The van der Waals surface area contributed by atoms with Gasteiger partial charge in [-0.2, -0.15) is 0 Å². The molecule has 0 amide bonds. The topological polar surface area (TPSA) is 35.2 Å². The van der Waals surface area contributed by atoms with Gasteiger partial charge in [-0.15, -0.1) is 0 Å². The van der Waals surface area contributed by atoms with Gasteiger partial charge in [-0.1, -0.05) is 36.7 Å². The molecule has 0 spiro atoms. The number of methoxy groups -OCH3 is 1. The van der Waals surface area contributed by atoms with Crippen LogP contribution in [0.2, 0.25) is 0 Å². The molecule has 1 aromatic carbocycles. The fourth-order valence-electron chi connectivity index (χ4n) is 1.98. The van der Waals surface area contributed by atoms with Crippen LogP contribution < -0.4 is 10.5 Å². The Morgan fingerprint density at radius 1 is 1.35 bits per heavy atom. The van der Waals surface area contributed by atoms with Gasteiger partial charge in [-0.3, -0.25) is 0 Å². The van der Waals surface area contributed by atoms with Crippen molar-refractivity contribution >= 4 is 15.9 Å². The van der Waals surface area contributed by atoms with Crippen LogP contribution in [-0.2, 0) is 6.42 Å². The lowest BCUT2D eigenvalue weighted by Gasteiger charge is -2.23. The molecule has 1 aromatic rings. The van der Waals surface area contributed by atoms with E-state index in [0.717, 1.165) is 23.1 Å². The molecule has 0 radical (unpaired) electrons. The zero-order valence-corrected chi connectivity index (χ0v) is 12.7. The van der Waals surface area contributed by atoms with Crippen molar-refractivity contribution in [3.8, 4) is 5.75 Å². The highest BCUT2D eigenvalue weighted by Gasteiger charge is 2.17. The van der Waals surface area contributed by atoms with E-state index < -0.39 is 0 Å². The molecule has 1 unspecified atom stereocenters. The van der Waals surface area contributed by atoms with E-state index >= 15 is 0 Å². The molecular weight excluding hydrogens is 278 g/mol. The fraction of sp³-hybridized carbons (Fsp3) is 0.571. The molecule has 0 saturated carbocycles. The molecule has 1 rings (SSSR count). The third-order valence-electron chi connectivity index (χ3n) is 2.61. The quantitative estimate of drug-likeness (QED) is 0.919. The summed E-state index contributed by atoms with van der Waals surface area (Å²) in [6.07, 6.45) is 1.88. The first kappa shape index (κ1) is 14.5. The Morgan fingerprint density at radius 3 is 2.53 bits per heavy atom.